The first-order chi connectivity index (χ1) is 6.46. The van der Waals surface area contributed by atoms with Crippen LogP contribution in [-0.2, 0) is 6.18 Å². The Balaban J connectivity index is 3.00. The van der Waals surface area contributed by atoms with E-state index in [1.54, 1.807) is 6.07 Å². The quantitative estimate of drug-likeness (QED) is 0.771. The van der Waals surface area contributed by atoms with E-state index in [1.807, 2.05) is 0 Å². The Morgan fingerprint density at radius 2 is 2.21 bits per heavy atom. The predicted octanol–water partition coefficient (Wildman–Crippen LogP) is 1.95. The molecule has 0 amide bonds. The Morgan fingerprint density at radius 3 is 2.71 bits per heavy atom. The van der Waals surface area contributed by atoms with Crippen molar-refractivity contribution in [2.24, 2.45) is 5.73 Å². The van der Waals surface area contributed by atoms with E-state index in [-0.39, 0.29) is 12.0 Å². The largest absolute Gasteiger partial charge is 0.431 e. The third kappa shape index (κ3) is 2.06. The molecule has 0 aliphatic rings. The normalized spacial score (nSPS) is 13.6. The molecule has 0 aliphatic heterocycles. The summed E-state index contributed by atoms with van der Waals surface area (Å²) in [6, 6.07) is 2.07. The average molecular weight is 203 g/mol. The highest BCUT2D eigenvalue weighted by atomic mass is 19.4. The van der Waals surface area contributed by atoms with Gasteiger partial charge in [0, 0.05) is 12.2 Å². The molecule has 0 fully saturated rings. The number of nitrogens with zero attached hydrogens (tertiary/aromatic N) is 1. The van der Waals surface area contributed by atoms with Gasteiger partial charge in [-0.3, -0.25) is 0 Å². The van der Waals surface area contributed by atoms with Crippen LogP contribution in [0, 0.1) is 11.3 Å². The lowest BCUT2D eigenvalue weighted by molar-refractivity contribution is -0.141. The molecule has 1 rings (SSSR count). The minimum Gasteiger partial charge on any atom is -0.357 e. The van der Waals surface area contributed by atoms with Gasteiger partial charge in [-0.25, -0.2) is 0 Å². The molecule has 3 N–H and O–H groups in total. The van der Waals surface area contributed by atoms with Gasteiger partial charge in [-0.15, -0.1) is 0 Å². The van der Waals surface area contributed by atoms with Crippen molar-refractivity contribution in [2.75, 3.05) is 0 Å². The van der Waals surface area contributed by atoms with E-state index >= 15 is 0 Å². The summed E-state index contributed by atoms with van der Waals surface area (Å²) >= 11 is 0. The number of H-pyrrole nitrogens is 1. The first-order valence-corrected chi connectivity index (χ1v) is 3.84. The number of nitriles is 1. The molecule has 0 saturated heterocycles. The molecule has 1 aromatic heterocycles. The standard InChI is InChI=1S/C8H8F3N3/c9-8(10,11)7-5(2-4-14-7)6(13)1-3-12/h2,4,6,14H,1,13H2/t6-/m0/s1. The number of nitrogens with two attached hydrogens (primary N) is 1. The molecule has 3 nitrogen and oxygen atoms in total. The zero-order valence-corrected chi connectivity index (χ0v) is 7.10. The third-order valence-corrected chi connectivity index (χ3v) is 1.77. The van der Waals surface area contributed by atoms with E-state index in [4.69, 9.17) is 11.0 Å². The molecule has 1 atom stereocenters. The van der Waals surface area contributed by atoms with Gasteiger partial charge in [0.2, 0.25) is 0 Å². The number of hydrogen-bond donors (Lipinski definition) is 2. The predicted molar refractivity (Wildman–Crippen MR) is 43.0 cm³/mol. The molecule has 0 radical (unpaired) electrons. The second-order valence-corrected chi connectivity index (χ2v) is 2.77. The number of aromatic nitrogens is 1. The zero-order valence-electron chi connectivity index (χ0n) is 7.10. The monoisotopic (exact) mass is 203 g/mol. The lowest BCUT2D eigenvalue weighted by atomic mass is 10.1. The van der Waals surface area contributed by atoms with Gasteiger partial charge < -0.3 is 10.7 Å². The number of rotatable bonds is 2. The fourth-order valence-electron chi connectivity index (χ4n) is 1.14. The fourth-order valence-corrected chi connectivity index (χ4v) is 1.14. The molecule has 1 heterocycles. The molecule has 1 aromatic rings. The van der Waals surface area contributed by atoms with Crippen LogP contribution in [-0.4, -0.2) is 4.98 Å². The maximum atomic E-state index is 12.3. The Morgan fingerprint density at radius 1 is 1.57 bits per heavy atom. The van der Waals surface area contributed by atoms with Gasteiger partial charge in [0.25, 0.3) is 0 Å². The minimum absolute atomic E-state index is 0.0703. The fraction of sp³-hybridized carbons (Fsp3) is 0.375. The van der Waals surface area contributed by atoms with Crippen LogP contribution in [0.2, 0.25) is 0 Å². The summed E-state index contributed by atoms with van der Waals surface area (Å²) < 4.78 is 36.9. The van der Waals surface area contributed by atoms with Crippen LogP contribution in [0.4, 0.5) is 13.2 Å². The SMILES string of the molecule is N#CC[C@H](N)c1cc[nH]c1C(F)(F)F. The molecule has 76 valence electrons. The second-order valence-electron chi connectivity index (χ2n) is 2.77. The highest BCUT2D eigenvalue weighted by molar-refractivity contribution is 5.27. The first-order valence-electron chi connectivity index (χ1n) is 3.84. The van der Waals surface area contributed by atoms with E-state index in [9.17, 15) is 13.2 Å². The van der Waals surface area contributed by atoms with Crippen LogP contribution in [0.5, 0.6) is 0 Å². The zero-order chi connectivity index (χ0) is 10.8. The first kappa shape index (κ1) is 10.6. The molecule has 0 spiro atoms. The Kier molecular flexibility index (Phi) is 2.81. The van der Waals surface area contributed by atoms with Crippen molar-refractivity contribution in [3.63, 3.8) is 0 Å². The lowest BCUT2D eigenvalue weighted by Gasteiger charge is -2.11. The number of hydrogen-bond acceptors (Lipinski definition) is 2. The average Bonchev–Trinajstić information content (AvgIpc) is 2.50. The maximum Gasteiger partial charge on any atom is 0.431 e. The maximum absolute atomic E-state index is 12.3. The van der Waals surface area contributed by atoms with Gasteiger partial charge in [-0.1, -0.05) is 0 Å². The van der Waals surface area contributed by atoms with Crippen LogP contribution in [0.15, 0.2) is 12.3 Å². The molecule has 6 heteroatoms. The topological polar surface area (TPSA) is 65.6 Å². The van der Waals surface area contributed by atoms with Gasteiger partial charge >= 0.3 is 6.18 Å². The van der Waals surface area contributed by atoms with Crippen LogP contribution < -0.4 is 5.73 Å². The van der Waals surface area contributed by atoms with Gasteiger partial charge in [-0.05, 0) is 11.6 Å². The van der Waals surface area contributed by atoms with Crippen molar-refractivity contribution in [3.05, 3.63) is 23.5 Å². The van der Waals surface area contributed by atoms with Crippen molar-refractivity contribution < 1.29 is 13.2 Å². The Bertz CT molecular complexity index is 347. The van der Waals surface area contributed by atoms with E-state index < -0.39 is 17.9 Å². The molecular weight excluding hydrogens is 195 g/mol. The number of aromatic amines is 1. The summed E-state index contributed by atoms with van der Waals surface area (Å²) in [5, 5.41) is 8.31. The van der Waals surface area contributed by atoms with Gasteiger partial charge in [0.05, 0.1) is 12.5 Å². The number of halogens is 3. The smallest absolute Gasteiger partial charge is 0.357 e. The van der Waals surface area contributed by atoms with Crippen molar-refractivity contribution >= 4 is 0 Å². The van der Waals surface area contributed by atoms with Crippen molar-refractivity contribution in [1.29, 1.82) is 5.26 Å². The second kappa shape index (κ2) is 3.72. The van der Waals surface area contributed by atoms with Crippen LogP contribution >= 0.6 is 0 Å². The van der Waals surface area contributed by atoms with E-state index in [2.05, 4.69) is 4.98 Å². The lowest BCUT2D eigenvalue weighted by Crippen LogP contribution is -2.16. The van der Waals surface area contributed by atoms with Gasteiger partial charge in [0.15, 0.2) is 0 Å². The molecule has 0 unspecified atom stereocenters. The van der Waals surface area contributed by atoms with Crippen LogP contribution in [0.3, 0.4) is 0 Å². The summed E-state index contributed by atoms with van der Waals surface area (Å²) in [5.41, 5.74) is 4.46. The summed E-state index contributed by atoms with van der Waals surface area (Å²) in [7, 11) is 0. The summed E-state index contributed by atoms with van der Waals surface area (Å²) in [5.74, 6) is 0. The Labute approximate surface area is 78.3 Å². The highest BCUT2D eigenvalue weighted by Gasteiger charge is 2.35. The molecule has 0 bridgehead atoms. The van der Waals surface area contributed by atoms with Crippen molar-refractivity contribution in [3.8, 4) is 6.07 Å². The molecule has 0 saturated carbocycles. The van der Waals surface area contributed by atoms with Crippen LogP contribution in [0.25, 0.3) is 0 Å². The molecule has 14 heavy (non-hydrogen) atoms. The van der Waals surface area contributed by atoms with Gasteiger partial charge in [0.1, 0.15) is 5.69 Å². The summed E-state index contributed by atoms with van der Waals surface area (Å²) in [6.07, 6.45) is -3.43. The summed E-state index contributed by atoms with van der Waals surface area (Å²) in [4.78, 5) is 2.07. The third-order valence-electron chi connectivity index (χ3n) is 1.77. The van der Waals surface area contributed by atoms with Crippen LogP contribution in [0.1, 0.15) is 23.7 Å². The highest BCUT2D eigenvalue weighted by Crippen LogP contribution is 2.33. The molecule has 0 aromatic carbocycles. The van der Waals surface area contributed by atoms with E-state index in [0.717, 1.165) is 6.20 Å². The summed E-state index contributed by atoms with van der Waals surface area (Å²) in [6.45, 7) is 0. The van der Waals surface area contributed by atoms with Crippen molar-refractivity contribution in [2.45, 2.75) is 18.6 Å². The number of alkyl halides is 3. The van der Waals surface area contributed by atoms with Gasteiger partial charge in [-0.2, -0.15) is 18.4 Å². The number of nitrogens with one attached hydrogen (secondary N) is 1. The van der Waals surface area contributed by atoms with E-state index in [1.165, 1.54) is 6.07 Å². The van der Waals surface area contributed by atoms with E-state index in [0.29, 0.717) is 0 Å². The van der Waals surface area contributed by atoms with Crippen molar-refractivity contribution in [1.82, 2.24) is 4.98 Å². The molecule has 0 aliphatic carbocycles. The minimum atomic E-state index is -4.45. The Hall–Kier alpha value is -1.48. The molecular formula is C8H8F3N3.